The lowest BCUT2D eigenvalue weighted by atomic mass is 9.74. The SMILES string of the molecule is CN=NC(C=N)C1CC2CSC(N)=NC2(c2ccc(F)cc2F)CO1. The van der Waals surface area contributed by atoms with Gasteiger partial charge in [0, 0.05) is 36.6 Å². The lowest BCUT2D eigenvalue weighted by Gasteiger charge is -2.46. The van der Waals surface area contributed by atoms with Crippen LogP contribution in [0.1, 0.15) is 12.0 Å². The summed E-state index contributed by atoms with van der Waals surface area (Å²) in [5, 5.41) is 15.6. The molecule has 25 heavy (non-hydrogen) atoms. The van der Waals surface area contributed by atoms with Gasteiger partial charge in [-0.3, -0.25) is 0 Å². The average molecular weight is 367 g/mol. The normalized spacial score (nSPS) is 30.6. The number of thioether (sulfide) groups is 1. The number of hydrogen-bond donors (Lipinski definition) is 2. The van der Waals surface area contributed by atoms with Crippen molar-refractivity contribution >= 4 is 23.1 Å². The molecule has 1 aromatic rings. The van der Waals surface area contributed by atoms with Gasteiger partial charge in [-0.05, 0) is 12.5 Å². The third-order valence-corrected chi connectivity index (χ3v) is 5.61. The Bertz CT molecular complexity index is 728. The van der Waals surface area contributed by atoms with Crippen molar-refractivity contribution in [2.45, 2.75) is 24.1 Å². The molecule has 1 fully saturated rings. The monoisotopic (exact) mass is 367 g/mol. The molecule has 4 unspecified atom stereocenters. The molecule has 2 aliphatic rings. The summed E-state index contributed by atoms with van der Waals surface area (Å²) in [4.78, 5) is 4.52. The number of amidine groups is 1. The van der Waals surface area contributed by atoms with E-state index < -0.39 is 23.2 Å². The van der Waals surface area contributed by atoms with Crippen molar-refractivity contribution in [1.82, 2.24) is 0 Å². The van der Waals surface area contributed by atoms with Crippen LogP contribution in [0.3, 0.4) is 0 Å². The van der Waals surface area contributed by atoms with E-state index in [1.807, 2.05) is 0 Å². The summed E-state index contributed by atoms with van der Waals surface area (Å²) < 4.78 is 33.7. The largest absolute Gasteiger partial charge is 0.379 e. The highest BCUT2D eigenvalue weighted by atomic mass is 32.2. The maximum absolute atomic E-state index is 14.5. The Morgan fingerprint density at radius 1 is 1.52 bits per heavy atom. The molecule has 1 aromatic carbocycles. The lowest BCUT2D eigenvalue weighted by Crippen LogP contribution is -2.52. The molecule has 1 saturated heterocycles. The zero-order valence-corrected chi connectivity index (χ0v) is 14.5. The number of ether oxygens (including phenoxy) is 1. The first-order chi connectivity index (χ1) is 12.0. The molecule has 134 valence electrons. The van der Waals surface area contributed by atoms with Crippen molar-refractivity contribution in [3.8, 4) is 0 Å². The van der Waals surface area contributed by atoms with E-state index >= 15 is 0 Å². The van der Waals surface area contributed by atoms with E-state index in [1.165, 1.54) is 30.1 Å². The van der Waals surface area contributed by atoms with E-state index in [4.69, 9.17) is 15.9 Å². The number of rotatable bonds is 4. The van der Waals surface area contributed by atoms with E-state index in [0.29, 0.717) is 17.3 Å². The first-order valence-electron chi connectivity index (χ1n) is 7.85. The van der Waals surface area contributed by atoms with Crippen LogP contribution >= 0.6 is 11.8 Å². The summed E-state index contributed by atoms with van der Waals surface area (Å²) in [6, 6.07) is 2.99. The molecule has 0 saturated carbocycles. The molecule has 2 aliphatic heterocycles. The Morgan fingerprint density at radius 2 is 2.32 bits per heavy atom. The molecule has 6 nitrogen and oxygen atoms in total. The fourth-order valence-corrected chi connectivity index (χ4v) is 4.44. The molecule has 0 bridgehead atoms. The molecule has 0 aliphatic carbocycles. The lowest BCUT2D eigenvalue weighted by molar-refractivity contribution is -0.0589. The molecule has 2 heterocycles. The number of aliphatic imine (C=N–C) groups is 1. The molecule has 0 aromatic heterocycles. The van der Waals surface area contributed by atoms with Gasteiger partial charge in [0.25, 0.3) is 0 Å². The summed E-state index contributed by atoms with van der Waals surface area (Å²) in [5.74, 6) is -0.733. The molecular weight excluding hydrogens is 348 g/mol. The quantitative estimate of drug-likeness (QED) is 0.632. The number of nitrogens with one attached hydrogen (secondary N) is 1. The van der Waals surface area contributed by atoms with Gasteiger partial charge in [-0.15, -0.1) is 0 Å². The molecule has 0 spiro atoms. The number of hydrogen-bond acceptors (Lipinski definition) is 7. The van der Waals surface area contributed by atoms with Gasteiger partial charge in [0.05, 0.1) is 12.7 Å². The Morgan fingerprint density at radius 3 is 3.00 bits per heavy atom. The highest BCUT2D eigenvalue weighted by Crippen LogP contribution is 2.47. The van der Waals surface area contributed by atoms with Gasteiger partial charge in [0.15, 0.2) is 5.17 Å². The van der Waals surface area contributed by atoms with Crippen molar-refractivity contribution < 1.29 is 13.5 Å². The number of halogens is 2. The second-order valence-corrected chi connectivity index (χ2v) is 7.10. The fourth-order valence-electron chi connectivity index (χ4n) is 3.42. The molecule has 4 atom stereocenters. The predicted molar refractivity (Wildman–Crippen MR) is 93.3 cm³/mol. The summed E-state index contributed by atoms with van der Waals surface area (Å²) in [7, 11) is 1.54. The third kappa shape index (κ3) is 3.30. The first-order valence-corrected chi connectivity index (χ1v) is 8.83. The van der Waals surface area contributed by atoms with Gasteiger partial charge >= 0.3 is 0 Å². The highest BCUT2D eigenvalue weighted by Gasteiger charge is 2.50. The zero-order chi connectivity index (χ0) is 18.0. The fraction of sp³-hybridized carbons (Fsp3) is 0.500. The van der Waals surface area contributed by atoms with Crippen LogP contribution in [0, 0.1) is 23.0 Å². The van der Waals surface area contributed by atoms with Crippen LogP contribution in [0.25, 0.3) is 0 Å². The maximum Gasteiger partial charge on any atom is 0.154 e. The van der Waals surface area contributed by atoms with Crippen molar-refractivity contribution in [3.63, 3.8) is 0 Å². The molecule has 0 amide bonds. The van der Waals surface area contributed by atoms with Gasteiger partial charge in [-0.1, -0.05) is 17.8 Å². The Labute approximate surface area is 148 Å². The van der Waals surface area contributed by atoms with Crippen LogP contribution in [0.5, 0.6) is 0 Å². The Kier molecular flexibility index (Phi) is 5.14. The van der Waals surface area contributed by atoms with Gasteiger partial charge < -0.3 is 15.9 Å². The molecule has 3 rings (SSSR count). The summed E-state index contributed by atoms with van der Waals surface area (Å²) >= 11 is 1.41. The van der Waals surface area contributed by atoms with Crippen LogP contribution in [0.4, 0.5) is 8.78 Å². The molecular formula is C16H19F2N5OS. The van der Waals surface area contributed by atoms with E-state index in [9.17, 15) is 8.78 Å². The minimum Gasteiger partial charge on any atom is -0.379 e. The zero-order valence-electron chi connectivity index (χ0n) is 13.7. The molecule has 9 heteroatoms. The van der Waals surface area contributed by atoms with Crippen LogP contribution < -0.4 is 5.73 Å². The van der Waals surface area contributed by atoms with E-state index in [1.54, 1.807) is 7.05 Å². The van der Waals surface area contributed by atoms with Gasteiger partial charge in [-0.2, -0.15) is 10.2 Å². The van der Waals surface area contributed by atoms with E-state index in [2.05, 4.69) is 15.2 Å². The van der Waals surface area contributed by atoms with Crippen LogP contribution in [0.2, 0.25) is 0 Å². The van der Waals surface area contributed by atoms with Crippen molar-refractivity contribution in [2.75, 3.05) is 19.4 Å². The summed E-state index contributed by atoms with van der Waals surface area (Å²) in [6.45, 7) is 0.0930. The second-order valence-electron chi connectivity index (χ2n) is 6.06. The van der Waals surface area contributed by atoms with Crippen molar-refractivity contribution in [3.05, 3.63) is 35.4 Å². The Balaban J connectivity index is 1.98. The minimum absolute atomic E-state index is 0.0713. The van der Waals surface area contributed by atoms with Gasteiger partial charge in [0.1, 0.15) is 23.2 Å². The van der Waals surface area contributed by atoms with Crippen LogP contribution in [0.15, 0.2) is 33.4 Å². The summed E-state index contributed by atoms with van der Waals surface area (Å²) in [6.07, 6.45) is 1.38. The second kappa shape index (κ2) is 7.17. The van der Waals surface area contributed by atoms with Crippen LogP contribution in [-0.2, 0) is 10.3 Å². The molecule has 3 N–H and O–H groups in total. The minimum atomic E-state index is -0.987. The smallest absolute Gasteiger partial charge is 0.154 e. The van der Waals surface area contributed by atoms with E-state index in [-0.39, 0.29) is 24.2 Å². The highest BCUT2D eigenvalue weighted by molar-refractivity contribution is 8.13. The topological polar surface area (TPSA) is 96.2 Å². The predicted octanol–water partition coefficient (Wildman–Crippen LogP) is 2.73. The maximum atomic E-state index is 14.5. The third-order valence-electron chi connectivity index (χ3n) is 4.65. The number of nitrogens with zero attached hydrogens (tertiary/aromatic N) is 3. The van der Waals surface area contributed by atoms with E-state index in [0.717, 1.165) is 6.07 Å². The number of nitrogens with two attached hydrogens (primary N) is 1. The molecule has 0 radical (unpaired) electrons. The van der Waals surface area contributed by atoms with Crippen molar-refractivity contribution in [1.29, 1.82) is 5.41 Å². The average Bonchev–Trinajstić information content (AvgIpc) is 2.59. The number of benzene rings is 1. The van der Waals surface area contributed by atoms with Gasteiger partial charge in [0.2, 0.25) is 0 Å². The number of azo groups is 1. The summed E-state index contributed by atoms with van der Waals surface area (Å²) in [5.41, 5.74) is 5.20. The first kappa shape index (κ1) is 17.9. The van der Waals surface area contributed by atoms with Gasteiger partial charge in [-0.25, -0.2) is 13.8 Å². The number of fused-ring (bicyclic) bond motifs is 1. The Hall–Kier alpha value is -1.87. The standard InChI is InChI=1S/C16H19F2N5OS/c1-21-23-13(6-19)14-4-9-7-25-15(20)22-16(9,8-24-14)11-3-2-10(17)5-12(11)18/h2-3,5-6,9,13-14,19H,4,7-8H2,1H3,(H2,20,22). The van der Waals surface area contributed by atoms with Crippen molar-refractivity contribution in [2.24, 2.45) is 26.9 Å². The van der Waals surface area contributed by atoms with Crippen LogP contribution in [-0.4, -0.2) is 42.9 Å².